The van der Waals surface area contributed by atoms with Crippen molar-refractivity contribution in [3.63, 3.8) is 0 Å². The third-order valence-electron chi connectivity index (χ3n) is 3.27. The fourth-order valence-corrected chi connectivity index (χ4v) is 2.09. The van der Waals surface area contributed by atoms with Gasteiger partial charge in [-0.1, -0.05) is 6.07 Å². The highest BCUT2D eigenvalue weighted by molar-refractivity contribution is 5.93. The molecule has 0 heterocycles. The van der Waals surface area contributed by atoms with Crippen molar-refractivity contribution in [2.24, 2.45) is 0 Å². The van der Waals surface area contributed by atoms with E-state index < -0.39 is 5.97 Å². The Morgan fingerprint density at radius 2 is 1.54 bits per heavy atom. The quantitative estimate of drug-likeness (QED) is 0.547. The standard InChI is InChI=1S/C18H20O6/c1-20-13-7-9-14(10-8-13)23-11-12-24-18(19)15-5-4-6-16(21-2)17(15)22-3/h4-10H,11-12H2,1-3H3. The van der Waals surface area contributed by atoms with E-state index >= 15 is 0 Å². The predicted octanol–water partition coefficient (Wildman–Crippen LogP) is 2.95. The SMILES string of the molecule is COc1ccc(OCCOC(=O)c2cccc(OC)c2OC)cc1. The van der Waals surface area contributed by atoms with Gasteiger partial charge in [0.1, 0.15) is 30.3 Å². The summed E-state index contributed by atoms with van der Waals surface area (Å²) >= 11 is 0. The first-order valence-electron chi connectivity index (χ1n) is 7.34. The smallest absolute Gasteiger partial charge is 0.342 e. The van der Waals surface area contributed by atoms with Crippen LogP contribution in [0, 0.1) is 0 Å². The second kappa shape index (κ2) is 8.67. The highest BCUT2D eigenvalue weighted by atomic mass is 16.6. The molecule has 0 atom stereocenters. The number of methoxy groups -OCH3 is 3. The van der Waals surface area contributed by atoms with Crippen molar-refractivity contribution in [3.05, 3.63) is 48.0 Å². The van der Waals surface area contributed by atoms with E-state index in [9.17, 15) is 4.79 Å². The normalized spacial score (nSPS) is 9.96. The molecule has 128 valence electrons. The predicted molar refractivity (Wildman–Crippen MR) is 88.3 cm³/mol. The first-order valence-corrected chi connectivity index (χ1v) is 7.34. The lowest BCUT2D eigenvalue weighted by Gasteiger charge is -2.12. The van der Waals surface area contributed by atoms with E-state index in [4.69, 9.17) is 23.7 Å². The molecule has 2 rings (SSSR count). The summed E-state index contributed by atoms with van der Waals surface area (Å²) in [7, 11) is 4.58. The molecule has 0 bridgehead atoms. The van der Waals surface area contributed by atoms with Crippen LogP contribution in [-0.2, 0) is 4.74 Å². The molecule has 6 nitrogen and oxygen atoms in total. The molecule has 0 aliphatic carbocycles. The molecule has 0 saturated heterocycles. The summed E-state index contributed by atoms with van der Waals surface area (Å²) in [5, 5.41) is 0. The summed E-state index contributed by atoms with van der Waals surface area (Å²) < 4.78 is 26.2. The topological polar surface area (TPSA) is 63.2 Å². The van der Waals surface area contributed by atoms with Crippen LogP contribution in [0.2, 0.25) is 0 Å². The molecule has 6 heteroatoms. The molecule has 0 aliphatic heterocycles. The van der Waals surface area contributed by atoms with E-state index in [-0.39, 0.29) is 13.2 Å². The molecule has 2 aromatic carbocycles. The summed E-state index contributed by atoms with van der Waals surface area (Å²) in [5.74, 6) is 1.75. The van der Waals surface area contributed by atoms with Crippen LogP contribution in [0.4, 0.5) is 0 Å². The van der Waals surface area contributed by atoms with Crippen LogP contribution >= 0.6 is 0 Å². The van der Waals surface area contributed by atoms with E-state index in [1.807, 2.05) is 0 Å². The van der Waals surface area contributed by atoms with E-state index in [1.54, 1.807) is 49.6 Å². The van der Waals surface area contributed by atoms with E-state index in [2.05, 4.69) is 0 Å². The molecule has 0 N–H and O–H groups in total. The van der Waals surface area contributed by atoms with Crippen molar-refractivity contribution in [1.82, 2.24) is 0 Å². The van der Waals surface area contributed by atoms with E-state index in [1.165, 1.54) is 14.2 Å². The van der Waals surface area contributed by atoms with Gasteiger partial charge in [0.25, 0.3) is 0 Å². The molecule has 0 fully saturated rings. The monoisotopic (exact) mass is 332 g/mol. The number of carbonyl (C=O) groups excluding carboxylic acids is 1. The maximum absolute atomic E-state index is 12.2. The number of rotatable bonds is 8. The zero-order chi connectivity index (χ0) is 17.4. The van der Waals surface area contributed by atoms with Crippen LogP contribution in [0.25, 0.3) is 0 Å². The molecular formula is C18H20O6. The van der Waals surface area contributed by atoms with Crippen LogP contribution in [0.1, 0.15) is 10.4 Å². The van der Waals surface area contributed by atoms with Gasteiger partial charge in [-0.3, -0.25) is 0 Å². The number of para-hydroxylation sites is 1. The third kappa shape index (κ3) is 4.32. The minimum Gasteiger partial charge on any atom is -0.497 e. The maximum atomic E-state index is 12.2. The zero-order valence-corrected chi connectivity index (χ0v) is 13.9. The molecular weight excluding hydrogens is 312 g/mol. The van der Waals surface area contributed by atoms with Gasteiger partial charge in [-0.15, -0.1) is 0 Å². The Hall–Kier alpha value is -2.89. The van der Waals surface area contributed by atoms with E-state index in [0.717, 1.165) is 5.75 Å². The summed E-state index contributed by atoms with van der Waals surface area (Å²) in [6, 6.07) is 12.2. The molecule has 0 radical (unpaired) electrons. The first kappa shape index (κ1) is 17.5. The van der Waals surface area contributed by atoms with Crippen molar-refractivity contribution in [1.29, 1.82) is 0 Å². The van der Waals surface area contributed by atoms with Gasteiger partial charge in [-0.05, 0) is 36.4 Å². The van der Waals surface area contributed by atoms with Crippen molar-refractivity contribution >= 4 is 5.97 Å². The molecule has 0 aromatic heterocycles. The van der Waals surface area contributed by atoms with Crippen LogP contribution in [0.3, 0.4) is 0 Å². The Kier molecular flexibility index (Phi) is 6.31. The van der Waals surface area contributed by atoms with Crippen LogP contribution < -0.4 is 18.9 Å². The Labute approximate surface area is 140 Å². The van der Waals surface area contributed by atoms with Crippen molar-refractivity contribution < 1.29 is 28.5 Å². The van der Waals surface area contributed by atoms with Gasteiger partial charge in [0.05, 0.1) is 21.3 Å². The summed E-state index contributed by atoms with van der Waals surface area (Å²) in [5.41, 5.74) is 0.307. The van der Waals surface area contributed by atoms with Crippen LogP contribution in [0.15, 0.2) is 42.5 Å². The minimum absolute atomic E-state index is 0.116. The average molecular weight is 332 g/mol. The minimum atomic E-state index is -0.496. The zero-order valence-electron chi connectivity index (χ0n) is 13.9. The van der Waals surface area contributed by atoms with Crippen LogP contribution in [-0.4, -0.2) is 40.5 Å². The average Bonchev–Trinajstić information content (AvgIpc) is 2.64. The Morgan fingerprint density at radius 3 is 2.17 bits per heavy atom. The Balaban J connectivity index is 1.87. The molecule has 0 unspecified atom stereocenters. The fourth-order valence-electron chi connectivity index (χ4n) is 2.09. The second-order valence-electron chi connectivity index (χ2n) is 4.70. The molecule has 0 aliphatic rings. The number of esters is 1. The summed E-state index contributed by atoms with van der Waals surface area (Å²) in [6.45, 7) is 0.357. The third-order valence-corrected chi connectivity index (χ3v) is 3.27. The van der Waals surface area contributed by atoms with Crippen molar-refractivity contribution in [3.8, 4) is 23.0 Å². The summed E-state index contributed by atoms with van der Waals surface area (Å²) in [4.78, 5) is 12.2. The van der Waals surface area contributed by atoms with E-state index in [0.29, 0.717) is 22.8 Å². The highest BCUT2D eigenvalue weighted by Gasteiger charge is 2.17. The second-order valence-corrected chi connectivity index (χ2v) is 4.70. The molecule has 24 heavy (non-hydrogen) atoms. The van der Waals surface area contributed by atoms with Crippen molar-refractivity contribution in [2.45, 2.75) is 0 Å². The number of benzene rings is 2. The molecule has 0 saturated carbocycles. The number of hydrogen-bond acceptors (Lipinski definition) is 6. The summed E-state index contributed by atoms with van der Waals surface area (Å²) in [6.07, 6.45) is 0. The Bertz CT molecular complexity index is 666. The molecule has 0 spiro atoms. The van der Waals surface area contributed by atoms with Gasteiger partial charge in [0.2, 0.25) is 0 Å². The lowest BCUT2D eigenvalue weighted by Crippen LogP contribution is -2.13. The van der Waals surface area contributed by atoms with Gasteiger partial charge in [0.15, 0.2) is 11.5 Å². The van der Waals surface area contributed by atoms with Crippen LogP contribution in [0.5, 0.6) is 23.0 Å². The van der Waals surface area contributed by atoms with Gasteiger partial charge < -0.3 is 23.7 Å². The first-order chi connectivity index (χ1) is 11.7. The fraction of sp³-hybridized carbons (Fsp3) is 0.278. The van der Waals surface area contributed by atoms with Gasteiger partial charge in [-0.2, -0.15) is 0 Å². The number of ether oxygens (including phenoxy) is 5. The lowest BCUT2D eigenvalue weighted by molar-refractivity contribution is 0.0446. The molecule has 0 amide bonds. The number of hydrogen-bond donors (Lipinski definition) is 0. The highest BCUT2D eigenvalue weighted by Crippen LogP contribution is 2.31. The van der Waals surface area contributed by atoms with Gasteiger partial charge in [-0.25, -0.2) is 4.79 Å². The van der Waals surface area contributed by atoms with Crippen molar-refractivity contribution in [2.75, 3.05) is 34.5 Å². The maximum Gasteiger partial charge on any atom is 0.342 e. The Morgan fingerprint density at radius 1 is 0.833 bits per heavy atom. The van der Waals surface area contributed by atoms with Gasteiger partial charge in [0, 0.05) is 0 Å². The largest absolute Gasteiger partial charge is 0.497 e. The lowest BCUT2D eigenvalue weighted by atomic mass is 10.2. The number of carbonyl (C=O) groups is 1. The molecule has 2 aromatic rings. The van der Waals surface area contributed by atoms with Gasteiger partial charge >= 0.3 is 5.97 Å².